The highest BCUT2D eigenvalue weighted by molar-refractivity contribution is 9.10. The Kier molecular flexibility index (Phi) is 3.65. The van der Waals surface area contributed by atoms with Gasteiger partial charge in [-0.05, 0) is 34.1 Å². The molecule has 2 aromatic heterocycles. The molecule has 2 heterocycles. The number of ether oxygens (including phenoxy) is 1. The van der Waals surface area contributed by atoms with Crippen LogP contribution in [0.15, 0.2) is 41.0 Å². The molecule has 1 aromatic carbocycles. The van der Waals surface area contributed by atoms with Crippen molar-refractivity contribution in [3.63, 3.8) is 0 Å². The fraction of sp³-hybridized carbons (Fsp3) is 0. The molecule has 0 saturated carbocycles. The lowest BCUT2D eigenvalue weighted by atomic mass is 10.3. The van der Waals surface area contributed by atoms with Gasteiger partial charge in [0.25, 0.3) is 0 Å². The van der Waals surface area contributed by atoms with Gasteiger partial charge in [-0.1, -0.05) is 17.7 Å². The molecular weight excluding hydrogens is 363 g/mol. The molecule has 0 radical (unpaired) electrons. The minimum absolute atomic E-state index is 0.0279. The summed E-state index contributed by atoms with van der Waals surface area (Å²) in [5.74, 6) is -0.340. The van der Waals surface area contributed by atoms with E-state index in [1.807, 2.05) is 0 Å². The predicted molar refractivity (Wildman–Crippen MR) is 79.8 cm³/mol. The van der Waals surface area contributed by atoms with E-state index in [0.717, 1.165) is 6.07 Å². The average Bonchev–Trinajstić information content (AvgIpc) is 2.81. The molecule has 0 unspecified atom stereocenters. The monoisotopic (exact) mass is 368 g/mol. The van der Waals surface area contributed by atoms with Crippen molar-refractivity contribution in [3.8, 4) is 11.6 Å². The zero-order valence-corrected chi connectivity index (χ0v) is 12.7. The number of nitrogens with zero attached hydrogens (tertiary/aromatic N) is 2. The van der Waals surface area contributed by atoms with Gasteiger partial charge in [-0.25, -0.2) is 4.39 Å². The molecule has 21 heavy (non-hydrogen) atoms. The Morgan fingerprint density at radius 1 is 1.38 bits per heavy atom. The number of rotatable bonds is 3. The van der Waals surface area contributed by atoms with E-state index >= 15 is 0 Å². The van der Waals surface area contributed by atoms with E-state index in [9.17, 15) is 9.18 Å². The van der Waals surface area contributed by atoms with Crippen LogP contribution in [0.5, 0.6) is 11.6 Å². The first-order chi connectivity index (χ1) is 10.1. The fourth-order valence-electron chi connectivity index (χ4n) is 1.86. The third-order valence-electron chi connectivity index (χ3n) is 2.83. The summed E-state index contributed by atoms with van der Waals surface area (Å²) in [6, 6.07) is 7.80. The zero-order chi connectivity index (χ0) is 15.0. The second-order valence-corrected chi connectivity index (χ2v) is 5.41. The van der Waals surface area contributed by atoms with E-state index in [4.69, 9.17) is 16.3 Å². The molecule has 0 aliphatic rings. The molecule has 0 saturated heterocycles. The number of fused-ring (bicyclic) bond motifs is 1. The number of hydrogen-bond donors (Lipinski definition) is 0. The van der Waals surface area contributed by atoms with Gasteiger partial charge in [0.2, 0.25) is 5.88 Å². The Balaban J connectivity index is 2.10. The predicted octanol–water partition coefficient (Wildman–Crippen LogP) is 4.49. The fourth-order valence-corrected chi connectivity index (χ4v) is 2.58. The molecule has 0 amide bonds. The van der Waals surface area contributed by atoms with Crippen LogP contribution >= 0.6 is 27.5 Å². The number of halogens is 3. The Morgan fingerprint density at radius 3 is 2.95 bits per heavy atom. The lowest BCUT2D eigenvalue weighted by molar-refractivity contribution is 0.111. The van der Waals surface area contributed by atoms with Crippen LogP contribution in [0.3, 0.4) is 0 Å². The highest BCUT2D eigenvalue weighted by Gasteiger charge is 2.16. The van der Waals surface area contributed by atoms with Crippen LogP contribution in [0.2, 0.25) is 5.02 Å². The maximum atomic E-state index is 13.5. The summed E-state index contributed by atoms with van der Waals surface area (Å²) in [5, 5.41) is -0.0279. The highest BCUT2D eigenvalue weighted by Crippen LogP contribution is 2.34. The van der Waals surface area contributed by atoms with E-state index in [-0.39, 0.29) is 22.3 Å². The molecule has 0 aliphatic carbocycles. The molecule has 3 rings (SSSR count). The van der Waals surface area contributed by atoms with Crippen molar-refractivity contribution in [2.24, 2.45) is 0 Å². The van der Waals surface area contributed by atoms with Gasteiger partial charge in [0.05, 0.1) is 9.50 Å². The van der Waals surface area contributed by atoms with Gasteiger partial charge < -0.3 is 4.74 Å². The summed E-state index contributed by atoms with van der Waals surface area (Å²) in [6.45, 7) is 0. The number of benzene rings is 1. The van der Waals surface area contributed by atoms with Crippen molar-refractivity contribution in [1.82, 2.24) is 9.38 Å². The second-order valence-electron chi connectivity index (χ2n) is 4.15. The van der Waals surface area contributed by atoms with Gasteiger partial charge >= 0.3 is 0 Å². The highest BCUT2D eigenvalue weighted by atomic mass is 79.9. The zero-order valence-electron chi connectivity index (χ0n) is 10.4. The van der Waals surface area contributed by atoms with Crippen LogP contribution in [0.4, 0.5) is 4.39 Å². The molecule has 0 N–H and O–H groups in total. The smallest absolute Gasteiger partial charge is 0.249 e. The van der Waals surface area contributed by atoms with Crippen molar-refractivity contribution in [2.45, 2.75) is 0 Å². The normalized spacial score (nSPS) is 10.8. The summed E-state index contributed by atoms with van der Waals surface area (Å²) in [4.78, 5) is 15.5. The summed E-state index contributed by atoms with van der Waals surface area (Å²) >= 11 is 8.91. The summed E-state index contributed by atoms with van der Waals surface area (Å²) < 4.78 is 21.1. The van der Waals surface area contributed by atoms with Gasteiger partial charge in [0.1, 0.15) is 17.2 Å². The Hall–Kier alpha value is -1.92. The van der Waals surface area contributed by atoms with Gasteiger partial charge in [0, 0.05) is 12.3 Å². The Bertz CT molecular complexity index is 850. The second kappa shape index (κ2) is 5.46. The van der Waals surface area contributed by atoms with Crippen LogP contribution in [0.25, 0.3) is 5.65 Å². The average molecular weight is 370 g/mol. The van der Waals surface area contributed by atoms with Crippen molar-refractivity contribution in [2.75, 3.05) is 0 Å². The van der Waals surface area contributed by atoms with Crippen LogP contribution in [0.1, 0.15) is 10.5 Å². The number of carbonyl (C=O) groups is 1. The van der Waals surface area contributed by atoms with E-state index < -0.39 is 5.82 Å². The Labute approximate surface area is 132 Å². The van der Waals surface area contributed by atoms with Crippen LogP contribution in [0, 0.1) is 5.82 Å². The third-order valence-corrected chi connectivity index (χ3v) is 3.74. The number of aldehydes is 1. The van der Waals surface area contributed by atoms with Crippen molar-refractivity contribution >= 4 is 39.5 Å². The lowest BCUT2D eigenvalue weighted by Crippen LogP contribution is -1.94. The molecule has 0 atom stereocenters. The number of pyridine rings is 1. The molecular formula is C14H7BrClFN2O2. The quantitative estimate of drug-likeness (QED) is 0.504. The summed E-state index contributed by atoms with van der Waals surface area (Å²) in [5.41, 5.74) is 0.799. The first kappa shape index (κ1) is 14.0. The van der Waals surface area contributed by atoms with Crippen molar-refractivity contribution < 1.29 is 13.9 Å². The molecule has 0 spiro atoms. The SMILES string of the molecule is O=Cc1c(Oc2cc(F)c(Cl)cc2Br)nc2ccccn12. The van der Waals surface area contributed by atoms with Gasteiger partial charge in [-0.3, -0.25) is 9.20 Å². The first-order valence-corrected chi connectivity index (χ1v) is 7.02. The lowest BCUT2D eigenvalue weighted by Gasteiger charge is -2.06. The minimum atomic E-state index is -0.619. The van der Waals surface area contributed by atoms with Gasteiger partial charge in [0.15, 0.2) is 12.0 Å². The Morgan fingerprint density at radius 2 is 2.19 bits per heavy atom. The molecule has 0 aliphatic heterocycles. The maximum Gasteiger partial charge on any atom is 0.249 e. The number of imidazole rings is 1. The van der Waals surface area contributed by atoms with E-state index in [0.29, 0.717) is 16.4 Å². The van der Waals surface area contributed by atoms with Crippen LogP contribution in [-0.4, -0.2) is 15.7 Å². The maximum absolute atomic E-state index is 13.5. The number of hydrogen-bond acceptors (Lipinski definition) is 3. The largest absolute Gasteiger partial charge is 0.436 e. The van der Waals surface area contributed by atoms with Gasteiger partial charge in [-0.2, -0.15) is 4.98 Å². The van der Waals surface area contributed by atoms with E-state index in [1.54, 1.807) is 28.8 Å². The summed E-state index contributed by atoms with van der Waals surface area (Å²) in [7, 11) is 0. The minimum Gasteiger partial charge on any atom is -0.436 e. The van der Waals surface area contributed by atoms with Crippen LogP contribution < -0.4 is 4.74 Å². The van der Waals surface area contributed by atoms with E-state index in [1.165, 1.54) is 6.07 Å². The topological polar surface area (TPSA) is 43.6 Å². The number of carbonyl (C=O) groups excluding carboxylic acids is 1. The molecule has 0 fully saturated rings. The summed E-state index contributed by atoms with van der Waals surface area (Å²) in [6.07, 6.45) is 2.33. The standard InChI is InChI=1S/C14H7BrClFN2O2/c15-8-5-9(16)10(17)6-12(8)21-14-11(7-20)19-4-2-1-3-13(19)18-14/h1-7H. The molecule has 3 aromatic rings. The molecule has 4 nitrogen and oxygen atoms in total. The van der Waals surface area contributed by atoms with Gasteiger partial charge in [-0.15, -0.1) is 0 Å². The van der Waals surface area contributed by atoms with E-state index in [2.05, 4.69) is 20.9 Å². The third kappa shape index (κ3) is 2.52. The van der Waals surface area contributed by atoms with Crippen LogP contribution in [-0.2, 0) is 0 Å². The molecule has 7 heteroatoms. The number of aromatic nitrogens is 2. The molecule has 0 bridgehead atoms. The first-order valence-electron chi connectivity index (χ1n) is 5.85. The molecule has 106 valence electrons. The van der Waals surface area contributed by atoms with Crippen molar-refractivity contribution in [1.29, 1.82) is 0 Å². The van der Waals surface area contributed by atoms with Crippen molar-refractivity contribution in [3.05, 3.63) is 57.5 Å².